The molecule has 8 heteroatoms. The first-order chi connectivity index (χ1) is 14.1. The average molecular weight is 451 g/mol. The molecule has 1 aliphatic rings. The van der Waals surface area contributed by atoms with Gasteiger partial charge in [-0.1, -0.05) is 34.1 Å². The van der Waals surface area contributed by atoms with E-state index in [1.54, 1.807) is 18.3 Å². The van der Waals surface area contributed by atoms with Crippen molar-refractivity contribution in [1.82, 2.24) is 15.5 Å². The van der Waals surface area contributed by atoms with Crippen LogP contribution in [-0.4, -0.2) is 22.9 Å². The van der Waals surface area contributed by atoms with Crippen molar-refractivity contribution in [2.45, 2.75) is 6.54 Å². The van der Waals surface area contributed by atoms with Gasteiger partial charge >= 0.3 is 0 Å². The number of carbonyl (C=O) groups excluding carboxylic acids is 1. The van der Waals surface area contributed by atoms with Crippen LogP contribution in [0.25, 0.3) is 17.3 Å². The smallest absolute Gasteiger partial charge is 0.262 e. The lowest BCUT2D eigenvalue weighted by atomic mass is 10.1. The van der Waals surface area contributed by atoms with Gasteiger partial charge < -0.3 is 14.8 Å². The molecular weight excluding hydrogens is 436 g/mol. The van der Waals surface area contributed by atoms with Crippen molar-refractivity contribution < 1.29 is 14.3 Å². The second kappa shape index (κ2) is 8.20. The number of nitrogens with one attached hydrogen (secondary N) is 2. The second-order valence-electron chi connectivity index (χ2n) is 6.25. The molecule has 3 aromatic rings. The van der Waals surface area contributed by atoms with E-state index in [0.717, 1.165) is 21.3 Å². The summed E-state index contributed by atoms with van der Waals surface area (Å²) in [6, 6.07) is 15.1. The highest BCUT2D eigenvalue weighted by atomic mass is 79.9. The van der Waals surface area contributed by atoms with Gasteiger partial charge in [0.05, 0.1) is 11.9 Å². The fourth-order valence-electron chi connectivity index (χ4n) is 2.89. The number of hydrogen-bond donors (Lipinski definition) is 2. The predicted octanol–water partition coefficient (Wildman–Crippen LogP) is 3.79. The third-order valence-electron chi connectivity index (χ3n) is 4.36. The summed E-state index contributed by atoms with van der Waals surface area (Å²) in [6.07, 6.45) is 3.11. The molecule has 1 aromatic heterocycles. The van der Waals surface area contributed by atoms with E-state index in [2.05, 4.69) is 31.4 Å². The number of aromatic amines is 1. The zero-order chi connectivity index (χ0) is 20.2. The maximum Gasteiger partial charge on any atom is 0.262 e. The van der Waals surface area contributed by atoms with Crippen LogP contribution in [0.4, 0.5) is 0 Å². The first kappa shape index (κ1) is 18.8. The number of H-pyrrole nitrogens is 1. The van der Waals surface area contributed by atoms with Crippen LogP contribution < -0.4 is 14.8 Å². The topological polar surface area (TPSA) is 100 Å². The molecule has 1 amide bonds. The van der Waals surface area contributed by atoms with Crippen molar-refractivity contribution in [3.05, 3.63) is 69.8 Å². The highest BCUT2D eigenvalue weighted by Crippen LogP contribution is 2.32. The van der Waals surface area contributed by atoms with E-state index in [-0.39, 0.29) is 18.9 Å². The molecule has 0 atom stereocenters. The molecular formula is C21H15BrN4O3. The first-order valence-electron chi connectivity index (χ1n) is 8.72. The van der Waals surface area contributed by atoms with Gasteiger partial charge in [0.2, 0.25) is 6.79 Å². The normalized spacial score (nSPS) is 12.5. The van der Waals surface area contributed by atoms with Crippen LogP contribution in [-0.2, 0) is 11.3 Å². The molecule has 0 bridgehead atoms. The molecule has 7 nitrogen and oxygen atoms in total. The molecule has 2 aromatic carbocycles. The zero-order valence-electron chi connectivity index (χ0n) is 15.1. The number of rotatable bonds is 5. The summed E-state index contributed by atoms with van der Waals surface area (Å²) >= 11 is 3.40. The highest BCUT2D eigenvalue weighted by molar-refractivity contribution is 9.10. The molecule has 2 N–H and O–H groups in total. The second-order valence-corrected chi connectivity index (χ2v) is 7.16. The minimum Gasteiger partial charge on any atom is -0.454 e. The predicted molar refractivity (Wildman–Crippen MR) is 110 cm³/mol. The number of aromatic nitrogens is 2. The fourth-order valence-corrected chi connectivity index (χ4v) is 3.15. The maximum absolute atomic E-state index is 12.5. The first-order valence-corrected chi connectivity index (χ1v) is 9.51. The van der Waals surface area contributed by atoms with Gasteiger partial charge in [-0.05, 0) is 35.9 Å². The minimum absolute atomic E-state index is 0.00879. The molecule has 0 fully saturated rings. The monoisotopic (exact) mass is 450 g/mol. The van der Waals surface area contributed by atoms with Crippen LogP contribution in [0.3, 0.4) is 0 Å². The molecule has 2 heterocycles. The van der Waals surface area contributed by atoms with E-state index in [9.17, 15) is 10.1 Å². The van der Waals surface area contributed by atoms with Crippen LogP contribution >= 0.6 is 15.9 Å². The average Bonchev–Trinajstić information content (AvgIpc) is 3.39. The molecule has 4 rings (SSSR count). The van der Waals surface area contributed by atoms with E-state index in [4.69, 9.17) is 9.47 Å². The summed E-state index contributed by atoms with van der Waals surface area (Å²) in [6.45, 7) is 0.456. The van der Waals surface area contributed by atoms with Crippen molar-refractivity contribution in [2.75, 3.05) is 6.79 Å². The van der Waals surface area contributed by atoms with Crippen LogP contribution in [0.15, 0.2) is 58.7 Å². The standard InChI is InChI=1S/C21H15BrN4O3/c22-17-4-2-14(3-5-17)20-16(11-25-26-20)8-15(9-23)21(27)24-10-13-1-6-18-19(7-13)29-12-28-18/h1-8,11H,10,12H2,(H,24,27)(H,25,26). The van der Waals surface area contributed by atoms with Crippen molar-refractivity contribution in [2.24, 2.45) is 0 Å². The number of nitriles is 1. The number of nitrogens with zero attached hydrogens (tertiary/aromatic N) is 2. The van der Waals surface area contributed by atoms with E-state index in [1.807, 2.05) is 36.4 Å². The van der Waals surface area contributed by atoms with E-state index < -0.39 is 5.91 Å². The number of ether oxygens (including phenoxy) is 2. The molecule has 144 valence electrons. The number of carbonyl (C=O) groups is 1. The third-order valence-corrected chi connectivity index (χ3v) is 4.89. The Morgan fingerprint density at radius 3 is 2.83 bits per heavy atom. The summed E-state index contributed by atoms with van der Waals surface area (Å²) in [5.74, 6) is 0.858. The minimum atomic E-state index is -0.465. The van der Waals surface area contributed by atoms with E-state index >= 15 is 0 Å². The van der Waals surface area contributed by atoms with E-state index in [1.165, 1.54) is 6.08 Å². The van der Waals surface area contributed by atoms with Crippen molar-refractivity contribution in [3.63, 3.8) is 0 Å². The van der Waals surface area contributed by atoms with E-state index in [0.29, 0.717) is 17.1 Å². The lowest BCUT2D eigenvalue weighted by Gasteiger charge is -2.06. The lowest BCUT2D eigenvalue weighted by molar-refractivity contribution is -0.117. The molecule has 0 unspecified atom stereocenters. The number of fused-ring (bicyclic) bond motifs is 1. The van der Waals surface area contributed by atoms with Crippen LogP contribution in [0, 0.1) is 11.3 Å². The summed E-state index contributed by atoms with van der Waals surface area (Å²) in [5.41, 5.74) is 3.12. The Bertz CT molecular complexity index is 1130. The van der Waals surface area contributed by atoms with Gasteiger partial charge in [0.1, 0.15) is 11.6 Å². The zero-order valence-corrected chi connectivity index (χ0v) is 16.7. The number of hydrogen-bond acceptors (Lipinski definition) is 5. The van der Waals surface area contributed by atoms with Gasteiger partial charge in [-0.2, -0.15) is 10.4 Å². The van der Waals surface area contributed by atoms with Gasteiger partial charge in [0.25, 0.3) is 5.91 Å². The Labute approximate surface area is 175 Å². The van der Waals surface area contributed by atoms with Gasteiger partial charge in [-0.3, -0.25) is 9.89 Å². The number of amides is 1. The summed E-state index contributed by atoms with van der Waals surface area (Å²) in [4.78, 5) is 12.5. The summed E-state index contributed by atoms with van der Waals surface area (Å²) in [5, 5.41) is 19.2. The third kappa shape index (κ3) is 4.15. The quantitative estimate of drug-likeness (QED) is 0.454. The lowest BCUT2D eigenvalue weighted by Crippen LogP contribution is -2.23. The van der Waals surface area contributed by atoms with Crippen molar-refractivity contribution in [3.8, 4) is 28.8 Å². The van der Waals surface area contributed by atoms with Crippen LogP contribution in [0.1, 0.15) is 11.1 Å². The Morgan fingerprint density at radius 2 is 2.03 bits per heavy atom. The SMILES string of the molecule is N#CC(=Cc1cn[nH]c1-c1ccc(Br)cc1)C(=O)NCc1ccc2c(c1)OCO2. The summed E-state index contributed by atoms with van der Waals surface area (Å²) < 4.78 is 11.6. The Hall–Kier alpha value is -3.57. The van der Waals surface area contributed by atoms with Gasteiger partial charge in [-0.15, -0.1) is 0 Å². The number of halogens is 1. The molecule has 0 spiro atoms. The molecule has 0 saturated carbocycles. The molecule has 0 saturated heterocycles. The Morgan fingerprint density at radius 1 is 1.24 bits per heavy atom. The fraction of sp³-hybridized carbons (Fsp3) is 0.0952. The summed E-state index contributed by atoms with van der Waals surface area (Å²) in [7, 11) is 0. The van der Waals surface area contributed by atoms with Crippen LogP contribution in [0.2, 0.25) is 0 Å². The van der Waals surface area contributed by atoms with Crippen LogP contribution in [0.5, 0.6) is 11.5 Å². The molecule has 1 aliphatic heterocycles. The highest BCUT2D eigenvalue weighted by Gasteiger charge is 2.15. The maximum atomic E-state index is 12.5. The van der Waals surface area contributed by atoms with Crippen molar-refractivity contribution in [1.29, 1.82) is 5.26 Å². The Kier molecular flexibility index (Phi) is 5.31. The van der Waals surface area contributed by atoms with Gasteiger partial charge in [-0.25, -0.2) is 0 Å². The largest absolute Gasteiger partial charge is 0.454 e. The number of benzene rings is 2. The molecule has 29 heavy (non-hydrogen) atoms. The van der Waals surface area contributed by atoms with Crippen molar-refractivity contribution >= 4 is 27.9 Å². The molecule has 0 radical (unpaired) electrons. The molecule has 0 aliphatic carbocycles. The van der Waals surface area contributed by atoms with Gasteiger partial charge in [0, 0.05) is 22.1 Å². The Balaban J connectivity index is 1.49. The van der Waals surface area contributed by atoms with Gasteiger partial charge in [0.15, 0.2) is 11.5 Å².